The van der Waals surface area contributed by atoms with Gasteiger partial charge in [0.1, 0.15) is 16.7 Å². The minimum absolute atomic E-state index is 0.0779. The van der Waals surface area contributed by atoms with Crippen molar-refractivity contribution in [2.75, 3.05) is 23.9 Å². The number of amides is 3. The van der Waals surface area contributed by atoms with E-state index >= 15 is 0 Å². The van der Waals surface area contributed by atoms with Gasteiger partial charge in [0, 0.05) is 16.5 Å². The van der Waals surface area contributed by atoms with Gasteiger partial charge in [0.25, 0.3) is 5.91 Å². The Balaban J connectivity index is 1.20. The molecule has 1 aromatic heterocycles. The number of thiazole rings is 1. The number of anilines is 2. The lowest BCUT2D eigenvalue weighted by atomic mass is 9.83. The van der Waals surface area contributed by atoms with Crippen LogP contribution in [0.1, 0.15) is 16.4 Å². The van der Waals surface area contributed by atoms with Crippen molar-refractivity contribution in [3.05, 3.63) is 92.9 Å². The number of hydrogen-bond acceptors (Lipinski definition) is 10. The van der Waals surface area contributed by atoms with E-state index in [1.54, 1.807) is 48.5 Å². The summed E-state index contributed by atoms with van der Waals surface area (Å²) in [6.07, 6.45) is 0. The zero-order chi connectivity index (χ0) is 31.2. The number of rotatable bonds is 8. The molecule has 226 valence electrons. The molecule has 15 heteroatoms. The minimum Gasteiger partial charge on any atom is -0.497 e. The lowest BCUT2D eigenvalue weighted by molar-refractivity contribution is -0.122. The number of nitrogens with one attached hydrogen (secondary N) is 2. The zero-order valence-corrected chi connectivity index (χ0v) is 25.3. The molecule has 12 nitrogen and oxygen atoms in total. The van der Waals surface area contributed by atoms with Crippen LogP contribution in [-0.2, 0) is 24.4 Å². The van der Waals surface area contributed by atoms with Crippen LogP contribution < -0.4 is 29.7 Å². The lowest BCUT2D eigenvalue weighted by Gasteiger charge is -2.29. The third-order valence-corrected chi connectivity index (χ3v) is 10.6. The van der Waals surface area contributed by atoms with Gasteiger partial charge in [-0.15, -0.1) is 0 Å². The maximum atomic E-state index is 13.8. The summed E-state index contributed by atoms with van der Waals surface area (Å²) in [5, 5.41) is 7.54. The van der Waals surface area contributed by atoms with Crippen molar-refractivity contribution in [3.8, 4) is 11.5 Å². The molecule has 0 bridgehead atoms. The summed E-state index contributed by atoms with van der Waals surface area (Å²) in [6.45, 7) is -0.325. The van der Waals surface area contributed by atoms with Crippen molar-refractivity contribution in [2.45, 2.75) is 21.1 Å². The van der Waals surface area contributed by atoms with E-state index in [2.05, 4.69) is 10.3 Å². The van der Waals surface area contributed by atoms with Crippen molar-refractivity contribution in [2.24, 2.45) is 11.1 Å². The second-order valence-corrected chi connectivity index (χ2v) is 13.7. The fraction of sp³-hybridized carbons (Fsp3) is 0.172. The number of benzene rings is 3. The third kappa shape index (κ3) is 5.61. The number of fused-ring (bicyclic) bond motifs is 2. The number of nitrogens with zero attached hydrogens (tertiary/aromatic N) is 1. The molecule has 2 aliphatic rings. The molecule has 4 N–H and O–H groups in total. The number of carbonyl (C=O) groups is 3. The van der Waals surface area contributed by atoms with Gasteiger partial charge in [-0.25, -0.2) is 18.5 Å². The van der Waals surface area contributed by atoms with Gasteiger partial charge in [-0.05, 0) is 66.2 Å². The fourth-order valence-corrected chi connectivity index (χ4v) is 8.24. The number of nitrogens with two attached hydrogens (primary N) is 1. The first-order valence-electron chi connectivity index (χ1n) is 13.1. The summed E-state index contributed by atoms with van der Waals surface area (Å²) in [6, 6.07) is 18.9. The van der Waals surface area contributed by atoms with Crippen LogP contribution in [0.3, 0.4) is 0 Å². The van der Waals surface area contributed by atoms with Crippen LogP contribution in [0.2, 0.25) is 0 Å². The number of aromatic amines is 1. The first-order chi connectivity index (χ1) is 21.0. The highest BCUT2D eigenvalue weighted by Crippen LogP contribution is 2.53. The van der Waals surface area contributed by atoms with Crippen LogP contribution in [0.4, 0.5) is 11.4 Å². The maximum absolute atomic E-state index is 13.8. The van der Waals surface area contributed by atoms with Crippen LogP contribution in [0, 0.1) is 5.92 Å². The number of imide groups is 1. The Morgan fingerprint density at radius 3 is 2.25 bits per heavy atom. The molecule has 2 aliphatic heterocycles. The van der Waals surface area contributed by atoms with Crippen molar-refractivity contribution in [1.29, 1.82) is 0 Å². The number of H-pyrrole nitrogens is 1. The SMILES string of the molecule is COc1ccc(N2C(=O)C3Sc4[nH]c(=O)sc4[C@H](c4ccc(OCC(=O)Nc5ccc(S(N)(=O)=O)cc5)cc4)C3C2=O)cc1. The van der Waals surface area contributed by atoms with Crippen LogP contribution in [0.15, 0.2) is 87.5 Å². The maximum Gasteiger partial charge on any atom is 0.305 e. The lowest BCUT2D eigenvalue weighted by Crippen LogP contribution is -2.32. The zero-order valence-electron chi connectivity index (χ0n) is 22.9. The van der Waals surface area contributed by atoms with Gasteiger partial charge in [-0.2, -0.15) is 0 Å². The van der Waals surface area contributed by atoms with Gasteiger partial charge >= 0.3 is 4.87 Å². The number of methoxy groups -OCH3 is 1. The topological polar surface area (TPSA) is 178 Å². The Kier molecular flexibility index (Phi) is 7.79. The molecule has 3 amide bonds. The van der Waals surface area contributed by atoms with Crippen LogP contribution in [0.5, 0.6) is 11.5 Å². The Morgan fingerprint density at radius 2 is 1.61 bits per heavy atom. The molecule has 6 rings (SSSR count). The predicted octanol–water partition coefficient (Wildman–Crippen LogP) is 2.91. The number of carbonyl (C=O) groups excluding carboxylic acids is 3. The highest BCUT2D eigenvalue weighted by molar-refractivity contribution is 8.00. The Hall–Kier alpha value is -4.44. The van der Waals surface area contributed by atoms with E-state index in [9.17, 15) is 27.6 Å². The van der Waals surface area contributed by atoms with Gasteiger partial charge in [0.2, 0.25) is 21.8 Å². The van der Waals surface area contributed by atoms with Crippen LogP contribution in [0.25, 0.3) is 0 Å². The first kappa shape index (κ1) is 29.6. The van der Waals surface area contributed by atoms with Gasteiger partial charge in [0.15, 0.2) is 6.61 Å². The monoisotopic (exact) mass is 652 g/mol. The Morgan fingerprint density at radius 1 is 0.955 bits per heavy atom. The van der Waals surface area contributed by atoms with Crippen molar-refractivity contribution < 1.29 is 32.3 Å². The van der Waals surface area contributed by atoms with Crippen LogP contribution in [-0.4, -0.2) is 50.1 Å². The fourth-order valence-electron chi connectivity index (χ4n) is 5.21. The van der Waals surface area contributed by atoms with Gasteiger partial charge < -0.3 is 19.8 Å². The van der Waals surface area contributed by atoms with Crippen molar-refractivity contribution >= 4 is 62.2 Å². The average molecular weight is 653 g/mol. The highest BCUT2D eigenvalue weighted by atomic mass is 32.2. The van der Waals surface area contributed by atoms with Crippen molar-refractivity contribution in [3.63, 3.8) is 0 Å². The average Bonchev–Trinajstić information content (AvgIpc) is 3.50. The number of thioether (sulfide) groups is 1. The standard InChI is InChI=1S/C29H24N4O8S3/c1-40-18-10-6-17(7-11-18)33-27(35)23-22(24-26(32-29(37)43-24)42-25(23)28(33)36)15-2-8-19(9-3-15)41-14-21(34)31-16-4-12-20(13-5-16)44(30,38)39/h2-13,22-23,25H,14H2,1H3,(H,31,34)(H,32,37)(H2,30,38,39)/t22-,23?,25?/m1/s1. The van der Waals surface area contributed by atoms with E-state index in [1.165, 1.54) is 48.0 Å². The van der Waals surface area contributed by atoms with E-state index in [-0.39, 0.29) is 28.2 Å². The molecular formula is C29H24N4O8S3. The molecular weight excluding hydrogens is 629 g/mol. The van der Waals surface area contributed by atoms with Crippen LogP contribution >= 0.6 is 23.1 Å². The summed E-state index contributed by atoms with van der Waals surface area (Å²) in [7, 11) is -2.32. The van der Waals surface area contributed by atoms with E-state index in [4.69, 9.17) is 14.6 Å². The summed E-state index contributed by atoms with van der Waals surface area (Å²) in [5.74, 6) is -1.52. The van der Waals surface area contributed by atoms with Gasteiger partial charge in [-0.1, -0.05) is 35.2 Å². The summed E-state index contributed by atoms with van der Waals surface area (Å²) in [5.41, 5.74) is 1.52. The molecule has 2 unspecified atom stereocenters. The molecule has 4 aromatic rings. The molecule has 0 saturated carbocycles. The number of sulfonamides is 1. The van der Waals surface area contributed by atoms with E-state index in [0.29, 0.717) is 38.3 Å². The normalized spacial score (nSPS) is 19.3. The number of primary sulfonamides is 1. The van der Waals surface area contributed by atoms with Gasteiger partial charge in [-0.3, -0.25) is 19.2 Å². The largest absolute Gasteiger partial charge is 0.497 e. The molecule has 3 atom stereocenters. The summed E-state index contributed by atoms with van der Waals surface area (Å²) in [4.78, 5) is 56.5. The van der Waals surface area contributed by atoms with E-state index in [0.717, 1.165) is 11.3 Å². The Labute approximate surface area is 259 Å². The smallest absolute Gasteiger partial charge is 0.305 e. The molecule has 3 aromatic carbocycles. The second kappa shape index (κ2) is 11.6. The molecule has 44 heavy (non-hydrogen) atoms. The highest BCUT2D eigenvalue weighted by Gasteiger charge is 2.56. The second-order valence-electron chi connectivity index (χ2n) is 9.93. The molecule has 1 fully saturated rings. The van der Waals surface area contributed by atoms with E-state index < -0.39 is 33.0 Å². The van der Waals surface area contributed by atoms with Crippen molar-refractivity contribution in [1.82, 2.24) is 4.98 Å². The quantitative estimate of drug-likeness (QED) is 0.242. The number of ether oxygens (including phenoxy) is 2. The summed E-state index contributed by atoms with van der Waals surface area (Å²) >= 11 is 2.21. The molecule has 0 aliphatic carbocycles. The summed E-state index contributed by atoms with van der Waals surface area (Å²) < 4.78 is 33.6. The Bertz CT molecular complexity index is 1920. The minimum atomic E-state index is -3.85. The molecule has 0 spiro atoms. The van der Waals surface area contributed by atoms with E-state index in [1.807, 2.05) is 0 Å². The third-order valence-electron chi connectivity index (χ3n) is 7.23. The van der Waals surface area contributed by atoms with Gasteiger partial charge in [0.05, 0.1) is 28.6 Å². The predicted molar refractivity (Wildman–Crippen MR) is 164 cm³/mol. The first-order valence-corrected chi connectivity index (χ1v) is 16.3. The number of hydrogen-bond donors (Lipinski definition) is 3. The molecule has 3 heterocycles. The molecule has 0 radical (unpaired) electrons. The number of aromatic nitrogens is 1. The molecule has 1 saturated heterocycles.